The zero-order valence-electron chi connectivity index (χ0n) is 8.67. The van der Waals surface area contributed by atoms with Crippen molar-refractivity contribution in [3.8, 4) is 0 Å². The summed E-state index contributed by atoms with van der Waals surface area (Å²) < 4.78 is 1.11. The topological polar surface area (TPSA) is 57.8 Å². The van der Waals surface area contributed by atoms with E-state index in [0.29, 0.717) is 12.4 Å². The van der Waals surface area contributed by atoms with Gasteiger partial charge in [0, 0.05) is 11.4 Å². The van der Waals surface area contributed by atoms with Gasteiger partial charge in [-0.2, -0.15) is 0 Å². The van der Waals surface area contributed by atoms with E-state index in [-0.39, 0.29) is 10.6 Å². The lowest BCUT2D eigenvalue weighted by Gasteiger charge is -2.04. The van der Waals surface area contributed by atoms with Gasteiger partial charge >= 0.3 is 0 Å². The molecule has 7 heteroatoms. The van der Waals surface area contributed by atoms with Crippen molar-refractivity contribution >= 4 is 44.7 Å². The molecule has 0 amide bonds. The van der Waals surface area contributed by atoms with Crippen molar-refractivity contribution in [1.82, 2.24) is 9.97 Å². The molecule has 2 heterocycles. The van der Waals surface area contributed by atoms with Crippen molar-refractivity contribution < 1.29 is 0 Å². The van der Waals surface area contributed by atoms with Crippen molar-refractivity contribution in [2.45, 2.75) is 6.42 Å². The monoisotopic (exact) mass is 333 g/mol. The van der Waals surface area contributed by atoms with Crippen LogP contribution in [-0.4, -0.2) is 16.5 Å². The van der Waals surface area contributed by atoms with Gasteiger partial charge in [-0.1, -0.05) is 11.6 Å². The van der Waals surface area contributed by atoms with Crippen LogP contribution in [0.15, 0.2) is 27.0 Å². The fourth-order valence-electron chi connectivity index (χ4n) is 1.30. The Morgan fingerprint density at radius 3 is 3.06 bits per heavy atom. The van der Waals surface area contributed by atoms with E-state index < -0.39 is 0 Å². The summed E-state index contributed by atoms with van der Waals surface area (Å²) in [6, 6.07) is 4.07. The van der Waals surface area contributed by atoms with Gasteiger partial charge in [0.2, 0.25) is 0 Å². The summed E-state index contributed by atoms with van der Waals surface area (Å²) in [4.78, 5) is 18.8. The summed E-state index contributed by atoms with van der Waals surface area (Å²) in [6.45, 7) is 0.684. The average Bonchev–Trinajstić information content (AvgIpc) is 2.70. The van der Waals surface area contributed by atoms with Crippen molar-refractivity contribution in [1.29, 1.82) is 0 Å². The third-order valence-corrected chi connectivity index (χ3v) is 4.12. The molecule has 0 saturated heterocycles. The maximum atomic E-state index is 11.2. The lowest BCUT2D eigenvalue weighted by atomic mass is 10.3. The van der Waals surface area contributed by atoms with Gasteiger partial charge in [-0.3, -0.25) is 4.79 Å². The van der Waals surface area contributed by atoms with Crippen LogP contribution in [0, 0.1) is 0 Å². The quantitative estimate of drug-likeness (QED) is 0.904. The van der Waals surface area contributed by atoms with Crippen LogP contribution < -0.4 is 10.9 Å². The summed E-state index contributed by atoms with van der Waals surface area (Å²) >= 11 is 10.9. The van der Waals surface area contributed by atoms with Crippen LogP contribution >= 0.6 is 38.9 Å². The van der Waals surface area contributed by atoms with Crippen LogP contribution in [0.5, 0.6) is 0 Å². The Morgan fingerprint density at radius 1 is 1.53 bits per heavy atom. The Hall–Kier alpha value is -0.850. The van der Waals surface area contributed by atoms with Gasteiger partial charge < -0.3 is 10.3 Å². The lowest BCUT2D eigenvalue weighted by molar-refractivity contribution is 1.01. The van der Waals surface area contributed by atoms with Crippen LogP contribution in [0.3, 0.4) is 0 Å². The van der Waals surface area contributed by atoms with Crippen LogP contribution in [-0.2, 0) is 6.42 Å². The number of halogens is 2. The number of rotatable bonds is 4. The number of nitrogens with zero attached hydrogens (tertiary/aromatic N) is 1. The second-order valence-electron chi connectivity index (χ2n) is 3.28. The first-order chi connectivity index (χ1) is 8.16. The minimum Gasteiger partial charge on any atom is -0.368 e. The van der Waals surface area contributed by atoms with Crippen molar-refractivity contribution in [2.24, 2.45) is 0 Å². The van der Waals surface area contributed by atoms with E-state index in [1.165, 1.54) is 11.2 Å². The van der Waals surface area contributed by atoms with Crippen LogP contribution in [0.25, 0.3) is 0 Å². The molecule has 0 fully saturated rings. The van der Waals surface area contributed by atoms with Gasteiger partial charge in [-0.05, 0) is 34.5 Å². The van der Waals surface area contributed by atoms with E-state index in [0.717, 1.165) is 10.2 Å². The van der Waals surface area contributed by atoms with Gasteiger partial charge in [-0.25, -0.2) is 4.98 Å². The summed E-state index contributed by atoms with van der Waals surface area (Å²) in [5.41, 5.74) is -0.331. The van der Waals surface area contributed by atoms with Crippen molar-refractivity contribution in [3.05, 3.63) is 42.5 Å². The molecule has 0 radical (unpaired) electrons. The molecule has 2 aromatic rings. The Balaban J connectivity index is 1.94. The second kappa shape index (κ2) is 5.66. The van der Waals surface area contributed by atoms with Crippen LogP contribution in [0.2, 0.25) is 5.02 Å². The molecule has 0 aliphatic heterocycles. The van der Waals surface area contributed by atoms with Crippen molar-refractivity contribution in [2.75, 3.05) is 11.9 Å². The number of thiophene rings is 1. The molecular weight excluding hydrogens is 326 g/mol. The zero-order valence-corrected chi connectivity index (χ0v) is 11.8. The summed E-state index contributed by atoms with van der Waals surface area (Å²) in [5, 5.41) is 3.14. The third-order valence-electron chi connectivity index (χ3n) is 2.09. The smallest absolute Gasteiger partial charge is 0.271 e. The summed E-state index contributed by atoms with van der Waals surface area (Å²) in [7, 11) is 0. The van der Waals surface area contributed by atoms with Gasteiger partial charge in [0.15, 0.2) is 5.82 Å². The lowest BCUT2D eigenvalue weighted by Crippen LogP contribution is -2.13. The predicted octanol–water partition coefficient (Wildman–Crippen LogP) is 2.90. The zero-order chi connectivity index (χ0) is 12.3. The standard InChI is InChI=1S/C10H9BrClN3OS/c11-7-2-1-6(17-7)3-4-13-9-8(12)10(16)15-5-14-9/h1-2,5H,3-4H2,(H2,13,14,15,16). The Bertz CT molecular complexity index is 569. The molecule has 2 rings (SSSR count). The average molecular weight is 335 g/mol. The molecule has 0 aliphatic carbocycles. The maximum Gasteiger partial charge on any atom is 0.271 e. The third kappa shape index (κ3) is 3.31. The number of H-pyrrole nitrogens is 1. The highest BCUT2D eigenvalue weighted by Gasteiger charge is 2.05. The van der Waals surface area contributed by atoms with E-state index in [1.54, 1.807) is 11.3 Å². The van der Waals surface area contributed by atoms with E-state index in [9.17, 15) is 4.79 Å². The predicted molar refractivity (Wildman–Crippen MR) is 74.1 cm³/mol. The minimum absolute atomic E-state index is 0.0971. The summed E-state index contributed by atoms with van der Waals surface area (Å²) in [6.07, 6.45) is 2.19. The molecule has 0 bridgehead atoms. The molecule has 2 N–H and O–H groups in total. The first-order valence-electron chi connectivity index (χ1n) is 4.88. The van der Waals surface area contributed by atoms with Crippen LogP contribution in [0.1, 0.15) is 4.88 Å². The summed E-state index contributed by atoms with van der Waals surface area (Å²) in [5.74, 6) is 0.422. The Morgan fingerprint density at radius 2 is 2.35 bits per heavy atom. The van der Waals surface area contributed by atoms with E-state index in [1.807, 2.05) is 6.07 Å². The normalized spacial score (nSPS) is 10.5. The molecule has 2 aromatic heterocycles. The first kappa shape index (κ1) is 12.6. The first-order valence-corrected chi connectivity index (χ1v) is 6.87. The highest BCUT2D eigenvalue weighted by Crippen LogP contribution is 2.22. The molecular formula is C10H9BrClN3OS. The number of nitrogens with one attached hydrogen (secondary N) is 2. The van der Waals surface area contributed by atoms with Gasteiger partial charge in [-0.15, -0.1) is 11.3 Å². The fourth-order valence-corrected chi connectivity index (χ4v) is 2.95. The molecule has 17 heavy (non-hydrogen) atoms. The van der Waals surface area contributed by atoms with Gasteiger partial charge in [0.25, 0.3) is 5.56 Å². The van der Waals surface area contributed by atoms with E-state index in [2.05, 4.69) is 37.3 Å². The number of aromatic nitrogens is 2. The van der Waals surface area contributed by atoms with E-state index in [4.69, 9.17) is 11.6 Å². The molecule has 0 aromatic carbocycles. The highest BCUT2D eigenvalue weighted by molar-refractivity contribution is 9.11. The molecule has 0 saturated carbocycles. The van der Waals surface area contributed by atoms with Crippen molar-refractivity contribution in [3.63, 3.8) is 0 Å². The number of anilines is 1. The minimum atomic E-state index is -0.331. The molecule has 0 unspecified atom stereocenters. The largest absolute Gasteiger partial charge is 0.368 e. The molecule has 4 nitrogen and oxygen atoms in total. The second-order valence-corrected chi connectivity index (χ2v) is 6.20. The molecule has 0 aliphatic rings. The number of hydrogen-bond donors (Lipinski definition) is 2. The molecule has 0 spiro atoms. The maximum absolute atomic E-state index is 11.2. The van der Waals surface area contributed by atoms with Gasteiger partial charge in [0.05, 0.1) is 10.1 Å². The van der Waals surface area contributed by atoms with Crippen LogP contribution in [0.4, 0.5) is 5.82 Å². The highest BCUT2D eigenvalue weighted by atomic mass is 79.9. The fraction of sp³-hybridized carbons (Fsp3) is 0.200. The van der Waals surface area contributed by atoms with E-state index >= 15 is 0 Å². The molecule has 90 valence electrons. The Kier molecular flexibility index (Phi) is 4.20. The number of hydrogen-bond acceptors (Lipinski definition) is 4. The SMILES string of the molecule is O=c1[nH]cnc(NCCc2ccc(Br)s2)c1Cl. The molecule has 0 atom stereocenters. The Labute approximate surface area is 115 Å². The number of aromatic amines is 1. The van der Waals surface area contributed by atoms with Gasteiger partial charge in [0.1, 0.15) is 5.02 Å².